The topological polar surface area (TPSA) is 54.5 Å². The average Bonchev–Trinajstić information content (AvgIpc) is 2.42. The Bertz CT molecular complexity index is 650. The van der Waals surface area contributed by atoms with Crippen LogP contribution < -0.4 is 0 Å². The second kappa shape index (κ2) is 5.96. The minimum atomic E-state index is -3.35. The zero-order valence-corrected chi connectivity index (χ0v) is 13.9. The molecule has 0 aromatic heterocycles. The predicted molar refractivity (Wildman–Crippen MR) is 82.9 cm³/mol. The first-order valence-corrected chi connectivity index (χ1v) is 9.67. The molecule has 1 aliphatic rings. The van der Waals surface area contributed by atoms with Gasteiger partial charge in [-0.2, -0.15) is 11.8 Å². The fraction of sp³-hybridized carbons (Fsp3) is 0.500. The molecule has 0 N–H and O–H groups in total. The van der Waals surface area contributed by atoms with Gasteiger partial charge in [0.25, 0.3) is 5.91 Å². The number of carbonyl (C=O) groups is 1. The van der Waals surface area contributed by atoms with Crippen LogP contribution in [0.1, 0.15) is 21.5 Å². The zero-order valence-electron chi connectivity index (χ0n) is 12.2. The summed E-state index contributed by atoms with van der Waals surface area (Å²) in [5, 5.41) is -0.811. The average molecular weight is 331 g/mol. The molecule has 1 aromatic carbocycles. The van der Waals surface area contributed by atoms with Gasteiger partial charge in [-0.15, -0.1) is 0 Å². The second-order valence-corrected chi connectivity index (χ2v) is 8.63. The summed E-state index contributed by atoms with van der Waals surface area (Å²) in [5.41, 5.74) is 1.12. The Kier molecular flexibility index (Phi) is 4.63. The van der Waals surface area contributed by atoms with Gasteiger partial charge in [-0.25, -0.2) is 12.8 Å². The summed E-state index contributed by atoms with van der Waals surface area (Å²) in [7, 11) is -3.35. The van der Waals surface area contributed by atoms with Gasteiger partial charge in [0.2, 0.25) is 0 Å². The number of halogens is 1. The Labute approximate surface area is 128 Å². The molecule has 0 unspecified atom stereocenters. The highest BCUT2D eigenvalue weighted by Crippen LogP contribution is 2.24. The van der Waals surface area contributed by atoms with Gasteiger partial charge in [0.05, 0.1) is 0 Å². The molecule has 1 saturated heterocycles. The van der Waals surface area contributed by atoms with Crippen LogP contribution in [0.15, 0.2) is 12.1 Å². The first kappa shape index (κ1) is 16.3. The molecule has 1 heterocycles. The van der Waals surface area contributed by atoms with E-state index in [-0.39, 0.29) is 11.7 Å². The van der Waals surface area contributed by atoms with E-state index in [1.165, 1.54) is 28.8 Å². The van der Waals surface area contributed by atoms with Crippen LogP contribution in [0.2, 0.25) is 0 Å². The zero-order chi connectivity index (χ0) is 15.8. The summed E-state index contributed by atoms with van der Waals surface area (Å²) in [5.74, 6) is 0.401. The van der Waals surface area contributed by atoms with E-state index in [1.807, 2.05) is 0 Å². The van der Waals surface area contributed by atoms with E-state index in [1.54, 1.807) is 13.8 Å². The van der Waals surface area contributed by atoms with Crippen molar-refractivity contribution in [3.8, 4) is 0 Å². The SMILES string of the molecule is Cc1cc(C(=O)N2CCSC[C@@H]2S(C)(=O)=O)cc(C)c1F. The second-order valence-electron chi connectivity index (χ2n) is 5.28. The van der Waals surface area contributed by atoms with Gasteiger partial charge in [0.15, 0.2) is 9.84 Å². The van der Waals surface area contributed by atoms with Crippen LogP contribution in [0, 0.1) is 19.7 Å². The molecular weight excluding hydrogens is 313 g/mol. The fourth-order valence-electron chi connectivity index (χ4n) is 2.40. The lowest BCUT2D eigenvalue weighted by Gasteiger charge is -2.34. The van der Waals surface area contributed by atoms with Gasteiger partial charge in [-0.05, 0) is 37.1 Å². The van der Waals surface area contributed by atoms with Crippen molar-refractivity contribution < 1.29 is 17.6 Å². The lowest BCUT2D eigenvalue weighted by atomic mass is 10.1. The number of hydrogen-bond donors (Lipinski definition) is 0. The van der Waals surface area contributed by atoms with Crippen molar-refractivity contribution in [3.05, 3.63) is 34.6 Å². The third-order valence-corrected chi connectivity index (χ3v) is 6.17. The predicted octanol–water partition coefficient (Wildman–Crippen LogP) is 2.00. The normalized spacial score (nSPS) is 19.6. The van der Waals surface area contributed by atoms with Crippen molar-refractivity contribution in [3.63, 3.8) is 0 Å². The van der Waals surface area contributed by atoms with Crippen molar-refractivity contribution in [2.24, 2.45) is 0 Å². The minimum Gasteiger partial charge on any atom is -0.320 e. The van der Waals surface area contributed by atoms with E-state index in [2.05, 4.69) is 0 Å². The Morgan fingerprint density at radius 1 is 1.33 bits per heavy atom. The maximum absolute atomic E-state index is 13.7. The molecule has 116 valence electrons. The van der Waals surface area contributed by atoms with Crippen LogP contribution >= 0.6 is 11.8 Å². The lowest BCUT2D eigenvalue weighted by Crippen LogP contribution is -2.49. The van der Waals surface area contributed by atoms with E-state index in [9.17, 15) is 17.6 Å². The number of nitrogens with zero attached hydrogens (tertiary/aromatic N) is 1. The third-order valence-electron chi connectivity index (χ3n) is 3.52. The van der Waals surface area contributed by atoms with E-state index in [4.69, 9.17) is 0 Å². The molecule has 1 aliphatic heterocycles. The van der Waals surface area contributed by atoms with Crippen molar-refractivity contribution in [1.82, 2.24) is 4.90 Å². The van der Waals surface area contributed by atoms with Gasteiger partial charge in [0.1, 0.15) is 11.2 Å². The standard InChI is InChI=1S/C14H18FNO3S2/c1-9-6-11(7-10(2)13(9)15)14(17)16-4-5-20-8-12(16)21(3,18)19/h6-7,12H,4-5,8H2,1-3H3/t12-/m0/s1. The summed E-state index contributed by atoms with van der Waals surface area (Å²) in [6.45, 7) is 3.58. The molecule has 7 heteroatoms. The van der Waals surface area contributed by atoms with Gasteiger partial charge < -0.3 is 4.90 Å². The highest BCUT2D eigenvalue weighted by molar-refractivity contribution is 8.00. The number of sulfone groups is 1. The first-order valence-electron chi connectivity index (χ1n) is 6.56. The van der Waals surface area contributed by atoms with E-state index < -0.39 is 15.2 Å². The number of thioether (sulfide) groups is 1. The third kappa shape index (κ3) is 3.40. The molecule has 0 bridgehead atoms. The van der Waals surface area contributed by atoms with Crippen LogP contribution in [0.4, 0.5) is 4.39 Å². The van der Waals surface area contributed by atoms with Gasteiger partial charge in [-0.3, -0.25) is 4.79 Å². The van der Waals surface area contributed by atoms with Crippen molar-refractivity contribution in [2.45, 2.75) is 19.2 Å². The van der Waals surface area contributed by atoms with Crippen LogP contribution in [-0.2, 0) is 9.84 Å². The molecule has 1 aromatic rings. The Morgan fingerprint density at radius 2 is 1.90 bits per heavy atom. The number of rotatable bonds is 2. The number of aryl methyl sites for hydroxylation is 2. The minimum absolute atomic E-state index is 0.333. The summed E-state index contributed by atoms with van der Waals surface area (Å²) in [6, 6.07) is 2.96. The van der Waals surface area contributed by atoms with Crippen molar-refractivity contribution >= 4 is 27.5 Å². The molecule has 2 rings (SSSR count). The quantitative estimate of drug-likeness (QED) is 0.832. The highest BCUT2D eigenvalue weighted by atomic mass is 32.2. The molecule has 0 saturated carbocycles. The molecule has 1 amide bonds. The number of amides is 1. The van der Waals surface area contributed by atoms with Gasteiger partial charge >= 0.3 is 0 Å². The molecule has 1 atom stereocenters. The van der Waals surface area contributed by atoms with Crippen LogP contribution in [0.5, 0.6) is 0 Å². The maximum Gasteiger partial charge on any atom is 0.254 e. The van der Waals surface area contributed by atoms with Crippen LogP contribution in [-0.4, -0.2) is 48.9 Å². The van der Waals surface area contributed by atoms with E-state index >= 15 is 0 Å². The Balaban J connectivity index is 2.38. The number of benzene rings is 1. The van der Waals surface area contributed by atoms with Gasteiger partial charge in [0, 0.05) is 29.9 Å². The summed E-state index contributed by atoms with van der Waals surface area (Å²) in [6.07, 6.45) is 1.14. The first-order chi connectivity index (χ1) is 9.71. The molecule has 0 radical (unpaired) electrons. The molecule has 4 nitrogen and oxygen atoms in total. The molecule has 0 aliphatic carbocycles. The Morgan fingerprint density at radius 3 is 2.43 bits per heavy atom. The smallest absolute Gasteiger partial charge is 0.254 e. The molecule has 0 spiro atoms. The van der Waals surface area contributed by atoms with Crippen molar-refractivity contribution in [1.29, 1.82) is 0 Å². The summed E-state index contributed by atoms with van der Waals surface area (Å²) < 4.78 is 37.4. The van der Waals surface area contributed by atoms with E-state index in [0.29, 0.717) is 34.7 Å². The molecule has 1 fully saturated rings. The van der Waals surface area contributed by atoms with E-state index in [0.717, 1.165) is 6.26 Å². The lowest BCUT2D eigenvalue weighted by molar-refractivity contribution is 0.0749. The number of hydrogen-bond acceptors (Lipinski definition) is 4. The highest BCUT2D eigenvalue weighted by Gasteiger charge is 2.34. The Hall–Kier alpha value is -1.08. The number of carbonyl (C=O) groups excluding carboxylic acids is 1. The maximum atomic E-state index is 13.7. The summed E-state index contributed by atoms with van der Waals surface area (Å²) >= 11 is 1.52. The van der Waals surface area contributed by atoms with Crippen molar-refractivity contribution in [2.75, 3.05) is 24.3 Å². The van der Waals surface area contributed by atoms with Gasteiger partial charge in [-0.1, -0.05) is 0 Å². The van der Waals surface area contributed by atoms with Crippen LogP contribution in [0.3, 0.4) is 0 Å². The fourth-order valence-corrected chi connectivity index (χ4v) is 5.22. The monoisotopic (exact) mass is 331 g/mol. The summed E-state index contributed by atoms with van der Waals surface area (Å²) in [4.78, 5) is 14.0. The van der Waals surface area contributed by atoms with Crippen LogP contribution in [0.25, 0.3) is 0 Å². The molecular formula is C14H18FNO3S2. The largest absolute Gasteiger partial charge is 0.320 e. The molecule has 21 heavy (non-hydrogen) atoms.